The molecule has 1 rings (SSSR count). The molecule has 0 atom stereocenters. The first-order valence-corrected chi connectivity index (χ1v) is 5.61. The SMILES string of the molecule is Cc1cc(C(=O)N(C)CCO)ccc1N(C)C. The van der Waals surface area contributed by atoms with E-state index in [-0.39, 0.29) is 12.5 Å². The van der Waals surface area contributed by atoms with Gasteiger partial charge in [-0.15, -0.1) is 0 Å². The minimum Gasteiger partial charge on any atom is -0.395 e. The maximum atomic E-state index is 12.0. The van der Waals surface area contributed by atoms with Crippen LogP contribution in [0.15, 0.2) is 18.2 Å². The van der Waals surface area contributed by atoms with Gasteiger partial charge in [0.2, 0.25) is 0 Å². The first-order chi connectivity index (χ1) is 7.97. The summed E-state index contributed by atoms with van der Waals surface area (Å²) in [4.78, 5) is 15.5. The average molecular weight is 236 g/mol. The van der Waals surface area contributed by atoms with Crippen LogP contribution in [0.1, 0.15) is 15.9 Å². The maximum Gasteiger partial charge on any atom is 0.253 e. The Kier molecular flexibility index (Phi) is 4.52. The van der Waals surface area contributed by atoms with Crippen LogP contribution in [0.4, 0.5) is 5.69 Å². The molecule has 0 heterocycles. The molecule has 1 aromatic carbocycles. The zero-order valence-corrected chi connectivity index (χ0v) is 10.9. The Bertz CT molecular complexity index is 402. The number of aliphatic hydroxyl groups excluding tert-OH is 1. The van der Waals surface area contributed by atoms with Gasteiger partial charge in [0, 0.05) is 38.9 Å². The first kappa shape index (κ1) is 13.5. The molecule has 0 aliphatic heterocycles. The summed E-state index contributed by atoms with van der Waals surface area (Å²) < 4.78 is 0. The molecule has 0 saturated carbocycles. The van der Waals surface area contributed by atoms with Crippen molar-refractivity contribution in [3.63, 3.8) is 0 Å². The second-order valence-electron chi connectivity index (χ2n) is 4.35. The van der Waals surface area contributed by atoms with Gasteiger partial charge in [0.1, 0.15) is 0 Å². The summed E-state index contributed by atoms with van der Waals surface area (Å²) in [6.45, 7) is 2.32. The van der Waals surface area contributed by atoms with E-state index in [1.165, 1.54) is 4.90 Å². The smallest absolute Gasteiger partial charge is 0.253 e. The fourth-order valence-corrected chi connectivity index (χ4v) is 1.76. The van der Waals surface area contributed by atoms with Gasteiger partial charge in [-0.25, -0.2) is 0 Å². The molecule has 4 heteroatoms. The molecule has 1 N–H and O–H groups in total. The molecule has 0 saturated heterocycles. The molecule has 0 fully saturated rings. The standard InChI is InChI=1S/C13H20N2O2/c1-10-9-11(5-6-12(10)14(2)3)13(17)15(4)7-8-16/h5-6,9,16H,7-8H2,1-4H3. The molecule has 0 aliphatic carbocycles. The molecular formula is C13H20N2O2. The number of hydrogen-bond donors (Lipinski definition) is 1. The number of aliphatic hydroxyl groups is 1. The first-order valence-electron chi connectivity index (χ1n) is 5.61. The Balaban J connectivity index is 2.93. The van der Waals surface area contributed by atoms with E-state index in [4.69, 9.17) is 5.11 Å². The molecule has 0 bridgehead atoms. The summed E-state index contributed by atoms with van der Waals surface area (Å²) >= 11 is 0. The number of nitrogens with zero attached hydrogens (tertiary/aromatic N) is 2. The van der Waals surface area contributed by atoms with E-state index in [1.807, 2.05) is 44.1 Å². The van der Waals surface area contributed by atoms with Gasteiger partial charge in [-0.3, -0.25) is 4.79 Å². The predicted molar refractivity (Wildman–Crippen MR) is 69.6 cm³/mol. The van der Waals surface area contributed by atoms with Crippen LogP contribution in [0.3, 0.4) is 0 Å². The van der Waals surface area contributed by atoms with E-state index < -0.39 is 0 Å². The number of hydrogen-bond acceptors (Lipinski definition) is 3. The highest BCUT2D eigenvalue weighted by atomic mass is 16.3. The van der Waals surface area contributed by atoms with Crippen LogP contribution in [-0.2, 0) is 0 Å². The van der Waals surface area contributed by atoms with E-state index in [0.717, 1.165) is 11.3 Å². The second kappa shape index (κ2) is 5.68. The van der Waals surface area contributed by atoms with Crippen molar-refractivity contribution in [1.82, 2.24) is 4.90 Å². The monoisotopic (exact) mass is 236 g/mol. The highest BCUT2D eigenvalue weighted by Gasteiger charge is 2.12. The minimum absolute atomic E-state index is 0.0169. The van der Waals surface area contributed by atoms with Crippen molar-refractivity contribution in [1.29, 1.82) is 0 Å². The minimum atomic E-state index is -0.0625. The number of amides is 1. The lowest BCUT2D eigenvalue weighted by Crippen LogP contribution is -2.29. The van der Waals surface area contributed by atoms with E-state index in [2.05, 4.69) is 0 Å². The van der Waals surface area contributed by atoms with Crippen LogP contribution in [-0.4, -0.2) is 50.2 Å². The lowest BCUT2D eigenvalue weighted by Gasteiger charge is -2.19. The topological polar surface area (TPSA) is 43.8 Å². The summed E-state index contributed by atoms with van der Waals surface area (Å²) in [5.74, 6) is -0.0625. The highest BCUT2D eigenvalue weighted by molar-refractivity contribution is 5.94. The highest BCUT2D eigenvalue weighted by Crippen LogP contribution is 2.19. The van der Waals surface area contributed by atoms with Crippen LogP contribution < -0.4 is 4.90 Å². The van der Waals surface area contributed by atoms with Gasteiger partial charge in [0.25, 0.3) is 5.91 Å². The van der Waals surface area contributed by atoms with Crippen LogP contribution in [0, 0.1) is 6.92 Å². The van der Waals surface area contributed by atoms with E-state index in [1.54, 1.807) is 7.05 Å². The zero-order chi connectivity index (χ0) is 13.0. The molecular weight excluding hydrogens is 216 g/mol. The molecule has 17 heavy (non-hydrogen) atoms. The Morgan fingerprint density at radius 1 is 1.29 bits per heavy atom. The fourth-order valence-electron chi connectivity index (χ4n) is 1.76. The molecule has 0 radical (unpaired) electrons. The third-order valence-electron chi connectivity index (χ3n) is 2.71. The van der Waals surface area contributed by atoms with Crippen molar-refractivity contribution >= 4 is 11.6 Å². The second-order valence-corrected chi connectivity index (χ2v) is 4.35. The Morgan fingerprint density at radius 3 is 2.41 bits per heavy atom. The lowest BCUT2D eigenvalue weighted by molar-refractivity contribution is 0.0767. The number of carbonyl (C=O) groups is 1. The van der Waals surface area contributed by atoms with Crippen molar-refractivity contribution in [2.75, 3.05) is 39.2 Å². The number of likely N-dealkylation sites (N-methyl/N-ethyl adjacent to an activating group) is 1. The molecule has 0 spiro atoms. The number of aryl methyl sites for hydroxylation is 1. The summed E-state index contributed by atoms with van der Waals surface area (Å²) in [6, 6.07) is 5.64. The van der Waals surface area contributed by atoms with Gasteiger partial charge >= 0.3 is 0 Å². The van der Waals surface area contributed by atoms with Crippen LogP contribution in [0.25, 0.3) is 0 Å². The van der Waals surface area contributed by atoms with Crippen molar-refractivity contribution in [3.05, 3.63) is 29.3 Å². The molecule has 94 valence electrons. The molecule has 0 unspecified atom stereocenters. The lowest BCUT2D eigenvalue weighted by atomic mass is 10.1. The Labute approximate surface area is 102 Å². The van der Waals surface area contributed by atoms with Crippen LogP contribution in [0.5, 0.6) is 0 Å². The van der Waals surface area contributed by atoms with Crippen molar-refractivity contribution < 1.29 is 9.90 Å². The normalized spacial score (nSPS) is 10.2. The molecule has 0 aromatic heterocycles. The summed E-state index contributed by atoms with van der Waals surface area (Å²) in [5.41, 5.74) is 2.83. The van der Waals surface area contributed by atoms with Gasteiger partial charge in [0.15, 0.2) is 0 Å². The quantitative estimate of drug-likeness (QED) is 0.852. The molecule has 1 aromatic rings. The molecule has 1 amide bonds. The average Bonchev–Trinajstić information content (AvgIpc) is 2.27. The fraction of sp³-hybridized carbons (Fsp3) is 0.462. The number of anilines is 1. The van der Waals surface area contributed by atoms with Crippen molar-refractivity contribution in [2.24, 2.45) is 0 Å². The van der Waals surface area contributed by atoms with Gasteiger partial charge in [-0.1, -0.05) is 0 Å². The van der Waals surface area contributed by atoms with Gasteiger partial charge in [-0.05, 0) is 30.7 Å². The predicted octanol–water partition coefficient (Wildman–Crippen LogP) is 1.13. The molecule has 0 aliphatic rings. The Morgan fingerprint density at radius 2 is 1.94 bits per heavy atom. The summed E-state index contributed by atoms with van der Waals surface area (Å²) in [5, 5.41) is 8.80. The van der Waals surface area contributed by atoms with Crippen LogP contribution >= 0.6 is 0 Å². The van der Waals surface area contributed by atoms with E-state index in [9.17, 15) is 4.79 Å². The zero-order valence-electron chi connectivity index (χ0n) is 10.9. The third-order valence-corrected chi connectivity index (χ3v) is 2.71. The van der Waals surface area contributed by atoms with Gasteiger partial charge in [-0.2, -0.15) is 0 Å². The van der Waals surface area contributed by atoms with Gasteiger partial charge < -0.3 is 14.9 Å². The number of carbonyl (C=O) groups excluding carboxylic acids is 1. The van der Waals surface area contributed by atoms with Crippen LogP contribution in [0.2, 0.25) is 0 Å². The molecule has 4 nitrogen and oxygen atoms in total. The van der Waals surface area contributed by atoms with Crippen molar-refractivity contribution in [2.45, 2.75) is 6.92 Å². The number of rotatable bonds is 4. The van der Waals surface area contributed by atoms with Crippen molar-refractivity contribution in [3.8, 4) is 0 Å². The third kappa shape index (κ3) is 3.20. The van der Waals surface area contributed by atoms with E-state index in [0.29, 0.717) is 12.1 Å². The largest absolute Gasteiger partial charge is 0.395 e. The summed E-state index contributed by atoms with van der Waals surface area (Å²) in [6.07, 6.45) is 0. The number of benzene rings is 1. The maximum absolute atomic E-state index is 12.0. The Hall–Kier alpha value is -1.55. The van der Waals surface area contributed by atoms with Gasteiger partial charge in [0.05, 0.1) is 6.61 Å². The van der Waals surface area contributed by atoms with E-state index >= 15 is 0 Å². The summed E-state index contributed by atoms with van der Waals surface area (Å²) in [7, 11) is 5.64.